The molecule has 7 nitrogen and oxygen atoms in total. The molecule has 0 aliphatic carbocycles. The van der Waals surface area contributed by atoms with Crippen molar-refractivity contribution < 1.29 is 18.0 Å². The number of hydrogen-bond donors (Lipinski definition) is 0. The Morgan fingerprint density at radius 1 is 0.963 bits per heavy atom. The lowest BCUT2D eigenvalue weighted by molar-refractivity contribution is -0.136. The Bertz CT molecular complexity index is 833. The Hall–Kier alpha value is -1.35. The van der Waals surface area contributed by atoms with E-state index in [1.54, 1.807) is 28.0 Å². The predicted octanol–water partition coefficient (Wildman–Crippen LogP) is 1.70. The Balaban J connectivity index is 1.63. The lowest BCUT2D eigenvalue weighted by Gasteiger charge is -2.37. The molecular formula is C17H21Cl2N3O4S. The molecule has 2 heterocycles. The second-order valence-electron chi connectivity index (χ2n) is 6.81. The first kappa shape index (κ1) is 20.4. The largest absolute Gasteiger partial charge is 0.338 e. The summed E-state index contributed by atoms with van der Waals surface area (Å²) < 4.78 is 25.0. The molecule has 10 heteroatoms. The van der Waals surface area contributed by atoms with Crippen molar-refractivity contribution in [2.75, 3.05) is 39.0 Å². The fourth-order valence-electron chi connectivity index (χ4n) is 3.58. The quantitative estimate of drug-likeness (QED) is 0.726. The number of hydrogen-bond acceptors (Lipinski definition) is 4. The summed E-state index contributed by atoms with van der Waals surface area (Å²) >= 11 is 11.9. The van der Waals surface area contributed by atoms with Gasteiger partial charge >= 0.3 is 0 Å². The summed E-state index contributed by atoms with van der Waals surface area (Å²) in [6.07, 6.45) is 2.34. The zero-order valence-electron chi connectivity index (χ0n) is 14.9. The molecule has 1 aromatic rings. The van der Waals surface area contributed by atoms with Gasteiger partial charge in [-0.15, -0.1) is 0 Å². The number of piperazine rings is 1. The zero-order chi connectivity index (χ0) is 19.8. The fourth-order valence-corrected chi connectivity index (χ4v) is 5.23. The number of carbonyl (C=O) groups excluding carboxylic acids is 2. The maximum atomic E-state index is 12.8. The van der Waals surface area contributed by atoms with Crippen LogP contribution in [-0.4, -0.2) is 79.4 Å². The molecule has 2 fully saturated rings. The number of rotatable bonds is 3. The van der Waals surface area contributed by atoms with E-state index in [-0.39, 0.29) is 11.8 Å². The van der Waals surface area contributed by atoms with Crippen LogP contribution in [0.3, 0.4) is 0 Å². The molecule has 2 aliphatic rings. The minimum atomic E-state index is -3.41. The van der Waals surface area contributed by atoms with E-state index < -0.39 is 16.1 Å². The van der Waals surface area contributed by atoms with Gasteiger partial charge in [-0.3, -0.25) is 9.59 Å². The van der Waals surface area contributed by atoms with Crippen molar-refractivity contribution in [3.8, 4) is 0 Å². The summed E-state index contributed by atoms with van der Waals surface area (Å²) in [5.74, 6) is -0.374. The van der Waals surface area contributed by atoms with Crippen molar-refractivity contribution in [2.45, 2.75) is 18.9 Å². The van der Waals surface area contributed by atoms with Crippen molar-refractivity contribution in [1.29, 1.82) is 0 Å². The van der Waals surface area contributed by atoms with Crippen LogP contribution >= 0.6 is 23.2 Å². The Morgan fingerprint density at radius 2 is 1.52 bits per heavy atom. The molecule has 2 aliphatic heterocycles. The van der Waals surface area contributed by atoms with Gasteiger partial charge in [0.05, 0.1) is 6.26 Å². The highest BCUT2D eigenvalue weighted by molar-refractivity contribution is 7.88. The lowest BCUT2D eigenvalue weighted by atomic mass is 10.1. The second kappa shape index (κ2) is 7.95. The first-order chi connectivity index (χ1) is 12.7. The average molecular weight is 434 g/mol. The summed E-state index contributed by atoms with van der Waals surface area (Å²) in [6, 6.07) is 4.06. The van der Waals surface area contributed by atoms with Gasteiger partial charge in [-0.05, 0) is 31.0 Å². The number of sulfonamides is 1. The molecule has 1 unspecified atom stereocenters. The zero-order valence-corrected chi connectivity index (χ0v) is 17.2. The van der Waals surface area contributed by atoms with Gasteiger partial charge in [-0.25, -0.2) is 8.42 Å². The number of benzene rings is 1. The molecule has 2 saturated heterocycles. The van der Waals surface area contributed by atoms with Gasteiger partial charge in [0.1, 0.15) is 6.04 Å². The van der Waals surface area contributed by atoms with Crippen LogP contribution in [0.2, 0.25) is 10.0 Å². The highest BCUT2D eigenvalue weighted by Gasteiger charge is 2.39. The SMILES string of the molecule is CS(=O)(=O)N1CCCC1C(=O)N1CCN(C(=O)c2cc(Cl)cc(Cl)c2)CC1. The minimum absolute atomic E-state index is 0.184. The Kier molecular flexibility index (Phi) is 6.00. The highest BCUT2D eigenvalue weighted by atomic mass is 35.5. The van der Waals surface area contributed by atoms with Gasteiger partial charge in [0.2, 0.25) is 15.9 Å². The first-order valence-electron chi connectivity index (χ1n) is 8.68. The van der Waals surface area contributed by atoms with Crippen molar-refractivity contribution in [1.82, 2.24) is 14.1 Å². The predicted molar refractivity (Wildman–Crippen MR) is 104 cm³/mol. The molecule has 0 aromatic heterocycles. The fraction of sp³-hybridized carbons (Fsp3) is 0.529. The van der Waals surface area contributed by atoms with Gasteiger partial charge < -0.3 is 9.80 Å². The number of nitrogens with zero attached hydrogens (tertiary/aromatic N) is 3. The van der Waals surface area contributed by atoms with E-state index in [4.69, 9.17) is 23.2 Å². The van der Waals surface area contributed by atoms with E-state index in [1.165, 1.54) is 4.31 Å². The molecule has 3 rings (SSSR count). The smallest absolute Gasteiger partial charge is 0.254 e. The van der Waals surface area contributed by atoms with Gasteiger partial charge in [-0.1, -0.05) is 23.2 Å². The standard InChI is InChI=1S/C17H21Cl2N3O4S/c1-27(25,26)22-4-2-3-15(22)17(24)21-7-5-20(6-8-21)16(23)12-9-13(18)11-14(19)10-12/h9-11,15H,2-8H2,1H3. The lowest BCUT2D eigenvalue weighted by Crippen LogP contribution is -2.55. The number of carbonyl (C=O) groups is 2. The third kappa shape index (κ3) is 4.56. The molecule has 0 N–H and O–H groups in total. The van der Waals surface area contributed by atoms with Crippen LogP contribution in [0.25, 0.3) is 0 Å². The second-order valence-corrected chi connectivity index (χ2v) is 9.62. The maximum Gasteiger partial charge on any atom is 0.254 e. The van der Waals surface area contributed by atoms with Crippen LogP contribution in [0.4, 0.5) is 0 Å². The molecule has 148 valence electrons. The highest BCUT2D eigenvalue weighted by Crippen LogP contribution is 2.24. The molecule has 0 spiro atoms. The third-order valence-electron chi connectivity index (χ3n) is 4.90. The molecule has 1 atom stereocenters. The van der Waals surface area contributed by atoms with Gasteiger partial charge in [0.15, 0.2) is 0 Å². The van der Waals surface area contributed by atoms with Crippen molar-refractivity contribution >= 4 is 45.0 Å². The summed E-state index contributed by atoms with van der Waals surface area (Å²) in [4.78, 5) is 28.7. The van der Waals surface area contributed by atoms with Crippen LogP contribution in [0.15, 0.2) is 18.2 Å². The van der Waals surface area contributed by atoms with E-state index in [2.05, 4.69) is 0 Å². The molecule has 2 amide bonds. The van der Waals surface area contributed by atoms with E-state index in [9.17, 15) is 18.0 Å². The van der Waals surface area contributed by atoms with Crippen LogP contribution in [0, 0.1) is 0 Å². The minimum Gasteiger partial charge on any atom is -0.338 e. The average Bonchev–Trinajstić information content (AvgIpc) is 3.10. The van der Waals surface area contributed by atoms with Crippen molar-refractivity contribution in [3.05, 3.63) is 33.8 Å². The van der Waals surface area contributed by atoms with Gasteiger partial charge in [0.25, 0.3) is 5.91 Å². The van der Waals surface area contributed by atoms with Crippen LogP contribution in [0.5, 0.6) is 0 Å². The Morgan fingerprint density at radius 3 is 2.07 bits per heavy atom. The number of amides is 2. The monoisotopic (exact) mass is 433 g/mol. The van der Waals surface area contributed by atoms with E-state index >= 15 is 0 Å². The van der Waals surface area contributed by atoms with Crippen molar-refractivity contribution in [3.63, 3.8) is 0 Å². The normalized spacial score (nSPS) is 21.5. The Labute approximate surface area is 168 Å². The molecule has 1 aromatic carbocycles. The molecule has 27 heavy (non-hydrogen) atoms. The summed E-state index contributed by atoms with van der Waals surface area (Å²) in [7, 11) is -3.41. The summed E-state index contributed by atoms with van der Waals surface area (Å²) in [6.45, 7) is 1.86. The maximum absolute atomic E-state index is 12.8. The molecule has 0 bridgehead atoms. The van der Waals surface area contributed by atoms with Gasteiger partial charge in [0, 0.05) is 48.3 Å². The molecule has 0 radical (unpaired) electrons. The van der Waals surface area contributed by atoms with Crippen LogP contribution in [0.1, 0.15) is 23.2 Å². The van der Waals surface area contributed by atoms with E-state index in [1.807, 2.05) is 0 Å². The van der Waals surface area contributed by atoms with Crippen LogP contribution in [-0.2, 0) is 14.8 Å². The first-order valence-corrected chi connectivity index (χ1v) is 11.3. The van der Waals surface area contributed by atoms with E-state index in [0.29, 0.717) is 61.2 Å². The van der Waals surface area contributed by atoms with Crippen molar-refractivity contribution in [2.24, 2.45) is 0 Å². The van der Waals surface area contributed by atoms with Gasteiger partial charge in [-0.2, -0.15) is 4.31 Å². The third-order valence-corrected chi connectivity index (χ3v) is 6.63. The summed E-state index contributed by atoms with van der Waals surface area (Å²) in [5, 5.41) is 0.781. The molecule has 0 saturated carbocycles. The topological polar surface area (TPSA) is 78.0 Å². The van der Waals surface area contributed by atoms with Crippen LogP contribution < -0.4 is 0 Å². The molecular weight excluding hydrogens is 413 g/mol. The summed E-state index contributed by atoms with van der Waals surface area (Å²) in [5.41, 5.74) is 0.409. The van der Waals surface area contributed by atoms with E-state index in [0.717, 1.165) is 6.26 Å². The number of halogens is 2.